The van der Waals surface area contributed by atoms with Gasteiger partial charge in [-0.15, -0.1) is 12.4 Å². The number of cyclic esters (lactones) is 1. The van der Waals surface area contributed by atoms with Gasteiger partial charge in [-0.2, -0.15) is 0 Å². The van der Waals surface area contributed by atoms with Crippen molar-refractivity contribution in [1.29, 1.82) is 0 Å². The zero-order valence-corrected chi connectivity index (χ0v) is 26.1. The van der Waals surface area contributed by atoms with Crippen molar-refractivity contribution in [3.8, 4) is 17.1 Å². The average Bonchev–Trinajstić information content (AvgIpc) is 3.40. The number of carbonyl (C=O) groups excluding carboxylic acids is 2. The summed E-state index contributed by atoms with van der Waals surface area (Å²) < 4.78 is 12.7. The molecular formula is C33H39ClN4O6. The number of piperidine rings is 2. The van der Waals surface area contributed by atoms with Crippen LogP contribution < -0.4 is 10.3 Å². The molecule has 2 saturated heterocycles. The Kier molecular flexibility index (Phi) is 8.19. The highest BCUT2D eigenvalue weighted by molar-refractivity contribution is 5.90. The number of nitrogens with zero attached hydrogens (tertiary/aromatic N) is 4. The van der Waals surface area contributed by atoms with E-state index in [4.69, 9.17) is 14.5 Å². The number of likely N-dealkylation sites (tertiary alicyclic amines) is 2. The molecule has 4 aliphatic heterocycles. The summed E-state index contributed by atoms with van der Waals surface area (Å²) in [5.74, 6) is -0.318. The predicted octanol–water partition coefficient (Wildman–Crippen LogP) is 4.51. The van der Waals surface area contributed by atoms with Gasteiger partial charge in [0.2, 0.25) is 0 Å². The van der Waals surface area contributed by atoms with Crippen LogP contribution in [0.4, 0.5) is 4.79 Å². The van der Waals surface area contributed by atoms with Crippen molar-refractivity contribution in [2.45, 2.75) is 83.6 Å². The molecule has 10 nitrogen and oxygen atoms in total. The molecule has 0 aliphatic carbocycles. The van der Waals surface area contributed by atoms with E-state index in [2.05, 4.69) is 11.8 Å². The first kappa shape index (κ1) is 30.6. The standard InChI is InChI=1S/C33H38N4O6.ClH/c1-3-22-23-9-8-21(43-32(40)36-14-10-20(11-15-36)35-12-6-5-7-13-35)16-27(23)34-29-24(22)18-37-28(29)17-26-25(30(37)38)19-42-31(39)33(26,41)4-2;/h8-9,16-17,20,41H,3-7,10-15,18-19H2,1-2H3;1H/t33-;/m1./s1. The summed E-state index contributed by atoms with van der Waals surface area (Å²) >= 11 is 0. The highest BCUT2D eigenvalue weighted by Crippen LogP contribution is 2.40. The van der Waals surface area contributed by atoms with Gasteiger partial charge < -0.3 is 28.9 Å². The van der Waals surface area contributed by atoms with Gasteiger partial charge in [-0.1, -0.05) is 20.3 Å². The molecule has 1 N–H and O–H groups in total. The molecule has 0 unspecified atom stereocenters. The molecule has 2 fully saturated rings. The van der Waals surface area contributed by atoms with Crippen LogP contribution in [0.3, 0.4) is 0 Å². The summed E-state index contributed by atoms with van der Waals surface area (Å²) in [6, 6.07) is 7.80. The van der Waals surface area contributed by atoms with Gasteiger partial charge in [0.05, 0.1) is 29.0 Å². The van der Waals surface area contributed by atoms with Crippen molar-refractivity contribution in [2.24, 2.45) is 0 Å². The molecule has 0 bridgehead atoms. The van der Waals surface area contributed by atoms with Crippen LogP contribution in [-0.4, -0.2) is 68.7 Å². The summed E-state index contributed by atoms with van der Waals surface area (Å²) in [7, 11) is 0. The first-order valence-electron chi connectivity index (χ1n) is 15.7. The van der Waals surface area contributed by atoms with E-state index in [1.54, 1.807) is 28.5 Å². The number of rotatable bonds is 4. The summed E-state index contributed by atoms with van der Waals surface area (Å²) in [6.45, 7) is 7.65. The Balaban J connectivity index is 0.00000343. The second-order valence-corrected chi connectivity index (χ2v) is 12.2. The van der Waals surface area contributed by atoms with Gasteiger partial charge in [0.15, 0.2) is 5.60 Å². The predicted molar refractivity (Wildman–Crippen MR) is 167 cm³/mol. The van der Waals surface area contributed by atoms with E-state index >= 15 is 0 Å². The van der Waals surface area contributed by atoms with E-state index in [0.717, 1.165) is 48.9 Å². The minimum atomic E-state index is -1.88. The molecule has 2 aromatic heterocycles. The monoisotopic (exact) mass is 622 g/mol. The Morgan fingerprint density at radius 3 is 2.52 bits per heavy atom. The molecule has 1 aromatic carbocycles. The number of halogens is 1. The fraction of sp³-hybridized carbons (Fsp3) is 0.515. The molecule has 1 atom stereocenters. The quantitative estimate of drug-likeness (QED) is 0.331. The number of ether oxygens (including phenoxy) is 2. The average molecular weight is 623 g/mol. The fourth-order valence-electron chi connectivity index (χ4n) is 7.48. The third kappa shape index (κ3) is 4.87. The Morgan fingerprint density at radius 2 is 1.82 bits per heavy atom. The Bertz CT molecular complexity index is 1690. The van der Waals surface area contributed by atoms with E-state index in [1.807, 2.05) is 12.1 Å². The second-order valence-electron chi connectivity index (χ2n) is 12.2. The van der Waals surface area contributed by atoms with Crippen molar-refractivity contribution in [1.82, 2.24) is 19.4 Å². The number of pyridine rings is 2. The van der Waals surface area contributed by atoms with Gasteiger partial charge in [-0.3, -0.25) is 4.79 Å². The number of amides is 1. The van der Waals surface area contributed by atoms with Crippen molar-refractivity contribution >= 4 is 35.4 Å². The summed E-state index contributed by atoms with van der Waals surface area (Å²) in [4.78, 5) is 48.6. The van der Waals surface area contributed by atoms with Gasteiger partial charge in [-0.05, 0) is 75.4 Å². The van der Waals surface area contributed by atoms with Crippen LogP contribution in [0.2, 0.25) is 0 Å². The molecule has 0 radical (unpaired) electrons. The van der Waals surface area contributed by atoms with Crippen LogP contribution in [0.5, 0.6) is 5.75 Å². The summed E-state index contributed by atoms with van der Waals surface area (Å²) in [6.07, 6.45) is 6.24. The minimum Gasteiger partial charge on any atom is -0.458 e. The number of aromatic nitrogens is 2. The highest BCUT2D eigenvalue weighted by Gasteiger charge is 2.45. The first-order chi connectivity index (χ1) is 20.8. The van der Waals surface area contributed by atoms with E-state index < -0.39 is 11.6 Å². The van der Waals surface area contributed by atoms with Crippen LogP contribution >= 0.6 is 12.4 Å². The third-order valence-electron chi connectivity index (χ3n) is 9.97. The molecular weight excluding hydrogens is 584 g/mol. The van der Waals surface area contributed by atoms with Gasteiger partial charge in [0.1, 0.15) is 12.4 Å². The third-order valence-corrected chi connectivity index (χ3v) is 9.97. The zero-order valence-electron chi connectivity index (χ0n) is 25.3. The van der Waals surface area contributed by atoms with Crippen molar-refractivity contribution in [3.05, 3.63) is 56.9 Å². The van der Waals surface area contributed by atoms with Crippen molar-refractivity contribution < 1.29 is 24.2 Å². The molecule has 1 amide bonds. The molecule has 44 heavy (non-hydrogen) atoms. The lowest BCUT2D eigenvalue weighted by Gasteiger charge is -2.39. The van der Waals surface area contributed by atoms with Crippen LogP contribution in [0.25, 0.3) is 22.3 Å². The van der Waals surface area contributed by atoms with Crippen LogP contribution in [0.1, 0.15) is 74.6 Å². The number of carbonyl (C=O) groups is 2. The highest BCUT2D eigenvalue weighted by atomic mass is 35.5. The molecule has 0 saturated carbocycles. The Labute approximate surface area is 262 Å². The summed E-state index contributed by atoms with van der Waals surface area (Å²) in [5.41, 5.74) is 2.32. The lowest BCUT2D eigenvalue weighted by molar-refractivity contribution is -0.172. The molecule has 3 aromatic rings. The Morgan fingerprint density at radius 1 is 1.07 bits per heavy atom. The van der Waals surface area contributed by atoms with E-state index in [0.29, 0.717) is 59.5 Å². The number of aliphatic hydroxyl groups is 1. The summed E-state index contributed by atoms with van der Waals surface area (Å²) in [5, 5.41) is 12.1. The maximum absolute atomic E-state index is 13.6. The van der Waals surface area contributed by atoms with E-state index in [9.17, 15) is 19.5 Å². The SMILES string of the molecule is CCc1c2c(nc3cc(OC(=O)N4CCC(N5CCCCC5)CC4)ccc13)-c1cc3c(c(=O)n1C2)COC(=O)[C@@]3(O)CC.Cl. The molecule has 7 rings (SSSR count). The van der Waals surface area contributed by atoms with Gasteiger partial charge >= 0.3 is 12.1 Å². The van der Waals surface area contributed by atoms with Gasteiger partial charge in [0, 0.05) is 41.7 Å². The molecule has 4 aliphatic rings. The number of aryl methyl sites for hydroxylation is 1. The molecule has 234 valence electrons. The largest absolute Gasteiger partial charge is 0.458 e. The van der Waals surface area contributed by atoms with Crippen LogP contribution in [0.15, 0.2) is 29.1 Å². The van der Waals surface area contributed by atoms with E-state index in [-0.39, 0.29) is 37.1 Å². The Hall–Kier alpha value is -3.47. The first-order valence-corrected chi connectivity index (χ1v) is 15.7. The number of hydrogen-bond acceptors (Lipinski definition) is 8. The number of fused-ring (bicyclic) bond motifs is 5. The van der Waals surface area contributed by atoms with Gasteiger partial charge in [-0.25, -0.2) is 14.6 Å². The molecule has 6 heterocycles. The second kappa shape index (κ2) is 11.8. The zero-order chi connectivity index (χ0) is 29.9. The number of esters is 1. The lowest BCUT2D eigenvalue weighted by atomic mass is 9.86. The maximum atomic E-state index is 13.6. The topological polar surface area (TPSA) is 114 Å². The van der Waals surface area contributed by atoms with Crippen molar-refractivity contribution in [3.63, 3.8) is 0 Å². The van der Waals surface area contributed by atoms with Crippen molar-refractivity contribution in [2.75, 3.05) is 26.2 Å². The smallest absolute Gasteiger partial charge is 0.415 e. The normalized spacial score (nSPS) is 21.7. The van der Waals surface area contributed by atoms with Crippen LogP contribution in [-0.2, 0) is 34.7 Å². The maximum Gasteiger partial charge on any atom is 0.415 e. The fourth-order valence-corrected chi connectivity index (χ4v) is 7.48. The lowest BCUT2D eigenvalue weighted by Crippen LogP contribution is -2.48. The van der Waals surface area contributed by atoms with E-state index in [1.165, 1.54) is 19.3 Å². The van der Waals surface area contributed by atoms with Crippen LogP contribution in [0, 0.1) is 0 Å². The van der Waals surface area contributed by atoms with Gasteiger partial charge in [0.25, 0.3) is 5.56 Å². The number of hydrogen-bond donors (Lipinski definition) is 1. The molecule has 0 spiro atoms. The number of benzene rings is 1. The molecule has 11 heteroatoms. The minimum absolute atomic E-state index is 0.